The topological polar surface area (TPSA) is 102 Å². The minimum Gasteiger partial charge on any atom is -0.480 e. The van der Waals surface area contributed by atoms with Gasteiger partial charge in [0.05, 0.1) is 12.0 Å². The third-order valence-electron chi connectivity index (χ3n) is 4.22. The molecule has 0 amide bonds. The van der Waals surface area contributed by atoms with Gasteiger partial charge in [-0.05, 0) is 25.3 Å². The molecule has 9 heteroatoms. The normalized spacial score (nSPS) is 17.2. The molecule has 25 heavy (non-hydrogen) atoms. The van der Waals surface area contributed by atoms with Gasteiger partial charge in [-0.3, -0.25) is 0 Å². The Bertz CT molecular complexity index is 806. The largest absolute Gasteiger partial charge is 0.480 e. The number of nitrogens with zero attached hydrogens (tertiary/aromatic N) is 3. The molecule has 1 fully saturated rings. The third-order valence-corrected chi connectivity index (χ3v) is 5.40. The van der Waals surface area contributed by atoms with Gasteiger partial charge in [-0.25, -0.2) is 19.6 Å². The van der Waals surface area contributed by atoms with Crippen LogP contribution in [-0.2, 0) is 14.3 Å². The number of methoxy groups -OCH3 is 1. The van der Waals surface area contributed by atoms with E-state index in [0.717, 1.165) is 11.8 Å². The standard InChI is InChI=1S/C16H19N3O5S/c1-9-11-13(19-5-3-4-10(19)15(20)21)17-8-18-14(11)25-12(9)16(22)24-7-6-23-2/h8,10H,3-7H2,1-2H3,(H,20,21). The van der Waals surface area contributed by atoms with Gasteiger partial charge in [-0.2, -0.15) is 0 Å². The highest BCUT2D eigenvalue weighted by Crippen LogP contribution is 2.37. The number of hydrogen-bond acceptors (Lipinski definition) is 8. The number of thiophene rings is 1. The molecule has 0 saturated carbocycles. The number of aliphatic carboxylic acids is 1. The molecule has 0 spiro atoms. The summed E-state index contributed by atoms with van der Waals surface area (Å²) in [7, 11) is 1.54. The number of rotatable bonds is 6. The Labute approximate surface area is 148 Å². The Kier molecular flexibility index (Phi) is 5.14. The maximum atomic E-state index is 12.3. The number of carboxylic acids is 1. The molecule has 2 aromatic rings. The molecule has 0 bridgehead atoms. The Morgan fingerprint density at radius 1 is 1.40 bits per heavy atom. The molecular formula is C16H19N3O5S. The van der Waals surface area contributed by atoms with E-state index in [2.05, 4.69) is 9.97 Å². The van der Waals surface area contributed by atoms with Crippen molar-refractivity contribution in [2.24, 2.45) is 0 Å². The fraction of sp³-hybridized carbons (Fsp3) is 0.500. The van der Waals surface area contributed by atoms with Crippen molar-refractivity contribution in [3.63, 3.8) is 0 Å². The molecule has 0 aromatic carbocycles. The van der Waals surface area contributed by atoms with Gasteiger partial charge in [0.25, 0.3) is 0 Å². The van der Waals surface area contributed by atoms with Crippen molar-refractivity contribution in [3.8, 4) is 0 Å². The second-order valence-corrected chi connectivity index (χ2v) is 6.75. The van der Waals surface area contributed by atoms with Crippen LogP contribution in [-0.4, -0.2) is 59.9 Å². The molecule has 3 heterocycles. The summed E-state index contributed by atoms with van der Waals surface area (Å²) in [4.78, 5) is 35.2. The van der Waals surface area contributed by atoms with Crippen molar-refractivity contribution in [1.29, 1.82) is 0 Å². The quantitative estimate of drug-likeness (QED) is 0.611. The van der Waals surface area contributed by atoms with Crippen LogP contribution in [0.2, 0.25) is 0 Å². The van der Waals surface area contributed by atoms with Gasteiger partial charge in [-0.1, -0.05) is 0 Å². The first-order chi connectivity index (χ1) is 12.0. The van der Waals surface area contributed by atoms with Crippen LogP contribution in [0.3, 0.4) is 0 Å². The zero-order chi connectivity index (χ0) is 18.0. The highest BCUT2D eigenvalue weighted by atomic mass is 32.1. The van der Waals surface area contributed by atoms with E-state index >= 15 is 0 Å². The van der Waals surface area contributed by atoms with E-state index in [9.17, 15) is 14.7 Å². The summed E-state index contributed by atoms with van der Waals surface area (Å²) >= 11 is 1.23. The van der Waals surface area contributed by atoms with Crippen LogP contribution in [0.4, 0.5) is 5.82 Å². The second kappa shape index (κ2) is 7.32. The number of aromatic nitrogens is 2. The van der Waals surface area contributed by atoms with E-state index < -0.39 is 18.0 Å². The average molecular weight is 365 g/mol. The summed E-state index contributed by atoms with van der Waals surface area (Å²) in [6.45, 7) is 2.93. The third kappa shape index (κ3) is 3.29. The van der Waals surface area contributed by atoms with Gasteiger partial charge < -0.3 is 19.5 Å². The van der Waals surface area contributed by atoms with Crippen LogP contribution < -0.4 is 4.90 Å². The van der Waals surface area contributed by atoms with Crippen LogP contribution in [0.5, 0.6) is 0 Å². The number of carbonyl (C=O) groups excluding carboxylic acids is 1. The Balaban J connectivity index is 1.99. The molecule has 8 nitrogen and oxygen atoms in total. The van der Waals surface area contributed by atoms with E-state index in [1.165, 1.54) is 24.8 Å². The lowest BCUT2D eigenvalue weighted by molar-refractivity contribution is -0.138. The summed E-state index contributed by atoms with van der Waals surface area (Å²) in [6.07, 6.45) is 2.78. The summed E-state index contributed by atoms with van der Waals surface area (Å²) in [6, 6.07) is -0.602. The number of fused-ring (bicyclic) bond motifs is 1. The maximum absolute atomic E-state index is 12.3. The number of carbonyl (C=O) groups is 2. The maximum Gasteiger partial charge on any atom is 0.348 e. The minimum atomic E-state index is -0.864. The van der Waals surface area contributed by atoms with Gasteiger partial charge in [0, 0.05) is 13.7 Å². The van der Waals surface area contributed by atoms with Crippen molar-refractivity contribution in [2.75, 3.05) is 31.8 Å². The van der Waals surface area contributed by atoms with Gasteiger partial charge in [-0.15, -0.1) is 11.3 Å². The molecule has 0 radical (unpaired) electrons. The first-order valence-electron chi connectivity index (χ1n) is 7.94. The molecule has 0 aliphatic carbocycles. The highest BCUT2D eigenvalue weighted by Gasteiger charge is 2.33. The number of ether oxygens (including phenoxy) is 2. The van der Waals surface area contributed by atoms with Crippen LogP contribution >= 0.6 is 11.3 Å². The molecule has 2 aromatic heterocycles. The van der Waals surface area contributed by atoms with Crippen LogP contribution in [0.15, 0.2) is 6.33 Å². The van der Waals surface area contributed by atoms with E-state index in [-0.39, 0.29) is 6.61 Å². The van der Waals surface area contributed by atoms with E-state index in [1.807, 2.05) is 6.92 Å². The molecule has 3 rings (SSSR count). The van der Waals surface area contributed by atoms with Crippen LogP contribution in [0.25, 0.3) is 10.2 Å². The SMILES string of the molecule is COCCOC(=O)c1sc2ncnc(N3CCCC3C(=O)O)c2c1C. The number of carboxylic acid groups (broad SMARTS) is 1. The molecule has 1 atom stereocenters. The molecule has 1 unspecified atom stereocenters. The summed E-state index contributed by atoms with van der Waals surface area (Å²) in [5, 5.41) is 10.2. The number of anilines is 1. The van der Waals surface area contributed by atoms with Crippen molar-refractivity contribution >= 4 is 39.3 Å². The predicted octanol–water partition coefficient (Wildman–Crippen LogP) is 1.86. The summed E-state index contributed by atoms with van der Waals surface area (Å²) in [5.41, 5.74) is 0.717. The number of hydrogen-bond donors (Lipinski definition) is 1. The minimum absolute atomic E-state index is 0.175. The molecule has 134 valence electrons. The second-order valence-electron chi connectivity index (χ2n) is 5.75. The van der Waals surface area contributed by atoms with Crippen LogP contribution in [0, 0.1) is 6.92 Å². The Morgan fingerprint density at radius 3 is 2.92 bits per heavy atom. The monoisotopic (exact) mass is 365 g/mol. The lowest BCUT2D eigenvalue weighted by atomic mass is 10.1. The Morgan fingerprint density at radius 2 is 2.20 bits per heavy atom. The molecular weight excluding hydrogens is 346 g/mol. The van der Waals surface area contributed by atoms with Gasteiger partial charge in [0.2, 0.25) is 0 Å². The van der Waals surface area contributed by atoms with Crippen molar-refractivity contribution in [2.45, 2.75) is 25.8 Å². The zero-order valence-corrected chi connectivity index (χ0v) is 14.8. The highest BCUT2D eigenvalue weighted by molar-refractivity contribution is 7.20. The van der Waals surface area contributed by atoms with Crippen LogP contribution in [0.1, 0.15) is 28.1 Å². The average Bonchev–Trinajstić information content (AvgIpc) is 3.20. The zero-order valence-electron chi connectivity index (χ0n) is 14.0. The number of aryl methyl sites for hydroxylation is 1. The van der Waals surface area contributed by atoms with Crippen molar-refractivity contribution in [1.82, 2.24) is 9.97 Å². The van der Waals surface area contributed by atoms with Gasteiger partial charge in [0.1, 0.15) is 34.5 Å². The molecule has 1 aliphatic rings. The first kappa shape index (κ1) is 17.6. The Hall–Kier alpha value is -2.26. The molecule has 1 N–H and O–H groups in total. The predicted molar refractivity (Wildman–Crippen MR) is 92.3 cm³/mol. The lowest BCUT2D eigenvalue weighted by Crippen LogP contribution is -2.36. The van der Waals surface area contributed by atoms with E-state index in [0.29, 0.717) is 40.7 Å². The van der Waals surface area contributed by atoms with E-state index in [4.69, 9.17) is 9.47 Å². The molecule has 1 saturated heterocycles. The summed E-state index contributed by atoms with van der Waals surface area (Å²) in [5.74, 6) is -0.726. The smallest absolute Gasteiger partial charge is 0.348 e. The van der Waals surface area contributed by atoms with Crippen molar-refractivity contribution < 1.29 is 24.2 Å². The van der Waals surface area contributed by atoms with E-state index in [1.54, 1.807) is 4.90 Å². The fourth-order valence-electron chi connectivity index (χ4n) is 3.03. The summed E-state index contributed by atoms with van der Waals surface area (Å²) < 4.78 is 10.1. The van der Waals surface area contributed by atoms with Gasteiger partial charge in [0.15, 0.2) is 0 Å². The fourth-order valence-corrected chi connectivity index (χ4v) is 4.06. The van der Waals surface area contributed by atoms with Crippen molar-refractivity contribution in [3.05, 3.63) is 16.8 Å². The van der Waals surface area contributed by atoms with Gasteiger partial charge >= 0.3 is 11.9 Å². The lowest BCUT2D eigenvalue weighted by Gasteiger charge is -2.23. The molecule has 1 aliphatic heterocycles. The number of esters is 1. The first-order valence-corrected chi connectivity index (χ1v) is 8.75.